The summed E-state index contributed by atoms with van der Waals surface area (Å²) in [6.45, 7) is 4.62. The second-order valence-electron chi connectivity index (χ2n) is 7.94. The molecule has 1 saturated carbocycles. The third-order valence-electron chi connectivity index (χ3n) is 5.89. The van der Waals surface area contributed by atoms with Gasteiger partial charge in [0.05, 0.1) is 0 Å². The van der Waals surface area contributed by atoms with Crippen molar-refractivity contribution in [1.82, 2.24) is 5.32 Å². The van der Waals surface area contributed by atoms with E-state index in [1.807, 2.05) is 25.1 Å². The number of fused-ring (bicyclic) bond motifs is 1. The van der Waals surface area contributed by atoms with Gasteiger partial charge in [-0.3, -0.25) is 4.79 Å². The van der Waals surface area contributed by atoms with Crippen molar-refractivity contribution in [3.05, 3.63) is 50.2 Å². The van der Waals surface area contributed by atoms with Crippen LogP contribution in [0.5, 0.6) is 5.75 Å². The molecule has 1 aromatic carbocycles. The zero-order valence-electron chi connectivity index (χ0n) is 16.6. The van der Waals surface area contributed by atoms with Crippen molar-refractivity contribution in [2.45, 2.75) is 57.8 Å². The Balaban J connectivity index is 0.00000240. The van der Waals surface area contributed by atoms with Crippen LogP contribution in [0, 0.1) is 19.8 Å². The fraction of sp³-hybridized carbons (Fsp3) is 0.500. The van der Waals surface area contributed by atoms with Crippen LogP contribution in [0.15, 0.2) is 24.3 Å². The highest BCUT2D eigenvalue weighted by Crippen LogP contribution is 2.33. The fourth-order valence-corrected chi connectivity index (χ4v) is 5.59. The van der Waals surface area contributed by atoms with Gasteiger partial charge in [-0.05, 0) is 69.4 Å². The van der Waals surface area contributed by atoms with Crippen LogP contribution < -0.4 is 10.1 Å². The van der Waals surface area contributed by atoms with E-state index >= 15 is 0 Å². The van der Waals surface area contributed by atoms with Crippen LogP contribution in [0.4, 0.5) is 0 Å². The molecule has 4 atom stereocenters. The number of aliphatic hydroxyl groups excluding tert-OH is 1. The Morgan fingerprint density at radius 2 is 2.03 bits per heavy atom. The summed E-state index contributed by atoms with van der Waals surface area (Å²) in [5.74, 6) is 0.999. The maximum atomic E-state index is 12.8. The number of hydrogen-bond donors (Lipinski definition) is 2. The van der Waals surface area contributed by atoms with Gasteiger partial charge < -0.3 is 15.2 Å². The van der Waals surface area contributed by atoms with Crippen LogP contribution in [0.3, 0.4) is 0 Å². The Bertz CT molecular complexity index is 885. The molecule has 2 aliphatic carbocycles. The summed E-state index contributed by atoms with van der Waals surface area (Å²) < 4.78 is 6.05. The number of aliphatic hydroxyl groups is 1. The van der Waals surface area contributed by atoms with Crippen molar-refractivity contribution < 1.29 is 14.6 Å². The van der Waals surface area contributed by atoms with Crippen LogP contribution >= 0.6 is 35.3 Å². The summed E-state index contributed by atoms with van der Waals surface area (Å²) in [5, 5.41) is 14.8. The SMILES string of the molecule is Cc1cc2c(s1)CCC(CNC1CCC(Oc3ccc(Cl)cc3C)C1O)C2=O.Cl. The molecule has 0 spiro atoms. The number of rotatable bonds is 5. The largest absolute Gasteiger partial charge is 0.487 e. The molecule has 2 N–H and O–H groups in total. The van der Waals surface area contributed by atoms with Crippen LogP contribution in [-0.2, 0) is 6.42 Å². The summed E-state index contributed by atoms with van der Waals surface area (Å²) in [6.07, 6.45) is 2.64. The standard InChI is InChI=1S/C22H26ClNO3S.ClH/c1-12-9-15(23)4-6-18(12)27-19-7-5-17(22(19)26)24-11-14-3-8-20-16(21(14)25)10-13(2)28-20;/h4,6,9-10,14,17,19,22,24,26H,3,5,7-8,11H2,1-2H3;1H. The van der Waals surface area contributed by atoms with Crippen LogP contribution in [0.1, 0.15) is 44.9 Å². The first kappa shape index (κ1) is 22.6. The van der Waals surface area contributed by atoms with E-state index < -0.39 is 6.10 Å². The van der Waals surface area contributed by atoms with Gasteiger partial charge in [0.25, 0.3) is 0 Å². The highest BCUT2D eigenvalue weighted by Gasteiger charge is 2.37. The second kappa shape index (κ2) is 9.36. The molecule has 158 valence electrons. The van der Waals surface area contributed by atoms with Crippen LogP contribution in [0.2, 0.25) is 5.02 Å². The van der Waals surface area contributed by atoms with Crippen molar-refractivity contribution >= 4 is 41.1 Å². The van der Waals surface area contributed by atoms with Crippen molar-refractivity contribution in [3.8, 4) is 5.75 Å². The maximum absolute atomic E-state index is 12.8. The molecule has 1 heterocycles. The Kier molecular flexibility index (Phi) is 7.28. The van der Waals surface area contributed by atoms with Gasteiger partial charge in [0, 0.05) is 38.8 Å². The molecule has 0 radical (unpaired) electrons. The summed E-state index contributed by atoms with van der Waals surface area (Å²) in [7, 11) is 0. The lowest BCUT2D eigenvalue weighted by Crippen LogP contribution is -2.44. The lowest BCUT2D eigenvalue weighted by atomic mass is 9.87. The van der Waals surface area contributed by atoms with Gasteiger partial charge >= 0.3 is 0 Å². The molecule has 29 heavy (non-hydrogen) atoms. The summed E-state index contributed by atoms with van der Waals surface area (Å²) >= 11 is 7.74. The molecule has 0 aliphatic heterocycles. The quantitative estimate of drug-likeness (QED) is 0.682. The normalized spacial score (nSPS) is 26.1. The molecule has 1 aromatic heterocycles. The molecule has 4 rings (SSSR count). The molecule has 0 bridgehead atoms. The van der Waals surface area contributed by atoms with E-state index in [1.54, 1.807) is 17.4 Å². The predicted octanol–water partition coefficient (Wildman–Crippen LogP) is 4.75. The van der Waals surface area contributed by atoms with Crippen molar-refractivity contribution in [2.75, 3.05) is 6.54 Å². The van der Waals surface area contributed by atoms with Gasteiger partial charge in [-0.15, -0.1) is 23.7 Å². The topological polar surface area (TPSA) is 58.6 Å². The van der Waals surface area contributed by atoms with E-state index in [9.17, 15) is 9.90 Å². The number of carbonyl (C=O) groups is 1. The summed E-state index contributed by atoms with van der Waals surface area (Å²) in [6, 6.07) is 7.50. The van der Waals surface area contributed by atoms with E-state index in [-0.39, 0.29) is 36.3 Å². The predicted molar refractivity (Wildman–Crippen MR) is 120 cm³/mol. The zero-order valence-corrected chi connectivity index (χ0v) is 19.0. The average molecular weight is 456 g/mol. The van der Waals surface area contributed by atoms with Crippen molar-refractivity contribution in [3.63, 3.8) is 0 Å². The Morgan fingerprint density at radius 3 is 2.79 bits per heavy atom. The number of nitrogens with one attached hydrogen (secondary N) is 1. The van der Waals surface area contributed by atoms with Gasteiger partial charge in [0.1, 0.15) is 18.0 Å². The third-order valence-corrected chi connectivity index (χ3v) is 7.23. The number of hydrogen-bond acceptors (Lipinski definition) is 5. The van der Waals surface area contributed by atoms with Crippen molar-refractivity contribution in [1.29, 1.82) is 0 Å². The molecule has 2 aliphatic rings. The lowest BCUT2D eigenvalue weighted by Gasteiger charge is -2.26. The highest BCUT2D eigenvalue weighted by atomic mass is 35.5. The minimum absolute atomic E-state index is 0. The number of carbonyl (C=O) groups excluding carboxylic acids is 1. The molecular weight excluding hydrogens is 429 g/mol. The number of benzene rings is 1. The molecule has 4 nitrogen and oxygen atoms in total. The van der Waals surface area contributed by atoms with Crippen molar-refractivity contribution in [2.24, 2.45) is 5.92 Å². The minimum Gasteiger partial charge on any atom is -0.487 e. The smallest absolute Gasteiger partial charge is 0.168 e. The Hall–Kier alpha value is -1.11. The molecule has 4 unspecified atom stereocenters. The minimum atomic E-state index is -0.590. The van der Waals surface area contributed by atoms with Crippen LogP contribution in [-0.4, -0.2) is 35.7 Å². The maximum Gasteiger partial charge on any atom is 0.168 e. The number of aryl methyl sites for hydroxylation is 3. The molecule has 0 amide bonds. The number of ether oxygens (including phenoxy) is 1. The van der Waals surface area contributed by atoms with Gasteiger partial charge in [0.15, 0.2) is 5.78 Å². The van der Waals surface area contributed by atoms with Gasteiger partial charge in [0.2, 0.25) is 0 Å². The number of Topliss-reactive ketones (excluding diaryl/α,β-unsaturated/α-hetero) is 1. The first-order chi connectivity index (χ1) is 13.4. The lowest BCUT2D eigenvalue weighted by molar-refractivity contribution is 0.0438. The van der Waals surface area contributed by atoms with E-state index in [4.69, 9.17) is 16.3 Å². The van der Waals surface area contributed by atoms with E-state index in [2.05, 4.69) is 12.2 Å². The van der Waals surface area contributed by atoms with E-state index in [1.165, 1.54) is 9.75 Å². The van der Waals surface area contributed by atoms with E-state index in [0.717, 1.165) is 42.6 Å². The second-order valence-corrected chi connectivity index (χ2v) is 9.72. The fourth-order valence-electron chi connectivity index (χ4n) is 4.31. The number of thiophene rings is 1. The van der Waals surface area contributed by atoms with E-state index in [0.29, 0.717) is 11.6 Å². The molecule has 7 heteroatoms. The highest BCUT2D eigenvalue weighted by molar-refractivity contribution is 7.12. The van der Waals surface area contributed by atoms with Gasteiger partial charge in [-0.1, -0.05) is 11.6 Å². The first-order valence-corrected chi connectivity index (χ1v) is 11.1. The summed E-state index contributed by atoms with van der Waals surface area (Å²) in [4.78, 5) is 15.2. The van der Waals surface area contributed by atoms with Gasteiger partial charge in [-0.2, -0.15) is 0 Å². The average Bonchev–Trinajstić information content (AvgIpc) is 3.20. The summed E-state index contributed by atoms with van der Waals surface area (Å²) in [5.41, 5.74) is 1.87. The Morgan fingerprint density at radius 1 is 1.24 bits per heavy atom. The van der Waals surface area contributed by atoms with Crippen LogP contribution in [0.25, 0.3) is 0 Å². The Labute approximate surface area is 187 Å². The number of halogens is 2. The monoisotopic (exact) mass is 455 g/mol. The third kappa shape index (κ3) is 4.80. The number of ketones is 1. The molecule has 1 fully saturated rings. The molecule has 0 saturated heterocycles. The zero-order chi connectivity index (χ0) is 19.8. The van der Waals surface area contributed by atoms with Gasteiger partial charge in [-0.25, -0.2) is 0 Å². The molecule has 2 aromatic rings. The molecular formula is C22H27Cl2NO3S. The first-order valence-electron chi connectivity index (χ1n) is 9.90.